The van der Waals surface area contributed by atoms with Crippen molar-refractivity contribution in [1.82, 2.24) is 0 Å². The normalized spacial score (nSPS) is 14.0. The number of hydrogen-bond acceptors (Lipinski definition) is 6. The summed E-state index contributed by atoms with van der Waals surface area (Å²) >= 11 is 0. The Morgan fingerprint density at radius 1 is 0.776 bits per heavy atom. The van der Waals surface area contributed by atoms with Gasteiger partial charge in [-0.1, -0.05) is 133 Å². The SMILES string of the molecule is CCCCCCCCCC(=O)O[C@H](COCCCCCCCCCC/C=C/c1ccc2ccccc2c1)COP(=O)(O)OCC[N+](C)(C)C. The van der Waals surface area contributed by atoms with Gasteiger partial charge in [-0.3, -0.25) is 13.8 Å². The second-order valence-corrected chi connectivity index (χ2v) is 15.7. The van der Waals surface area contributed by atoms with E-state index in [9.17, 15) is 14.3 Å². The number of carbonyl (C=O) groups excluding carboxylic acids is 1. The number of carbonyl (C=O) groups is 1. The van der Waals surface area contributed by atoms with E-state index in [1.165, 1.54) is 80.5 Å². The minimum Gasteiger partial charge on any atom is -0.457 e. The van der Waals surface area contributed by atoms with Crippen LogP contribution in [-0.2, 0) is 27.9 Å². The van der Waals surface area contributed by atoms with Crippen molar-refractivity contribution in [1.29, 1.82) is 0 Å². The fourth-order valence-electron chi connectivity index (χ4n) is 5.50. The number of unbranched alkanes of at least 4 members (excludes halogenated alkanes) is 14. The molecule has 0 aliphatic heterocycles. The van der Waals surface area contributed by atoms with E-state index in [4.69, 9.17) is 18.5 Å². The fraction of sp³-hybridized carbons (Fsp3) is 0.675. The molecule has 0 aliphatic carbocycles. The quantitative estimate of drug-likeness (QED) is 0.0375. The zero-order chi connectivity index (χ0) is 35.6. The summed E-state index contributed by atoms with van der Waals surface area (Å²) in [5.74, 6) is -0.328. The Labute approximate surface area is 297 Å². The second-order valence-electron chi connectivity index (χ2n) is 14.3. The van der Waals surface area contributed by atoms with E-state index < -0.39 is 13.9 Å². The van der Waals surface area contributed by atoms with Gasteiger partial charge < -0.3 is 18.9 Å². The molecule has 2 rings (SSSR count). The van der Waals surface area contributed by atoms with Crippen molar-refractivity contribution in [3.05, 3.63) is 54.1 Å². The number of ether oxygens (including phenoxy) is 2. The van der Waals surface area contributed by atoms with Crippen LogP contribution in [-0.4, -0.2) is 75.6 Å². The van der Waals surface area contributed by atoms with Gasteiger partial charge in [0.15, 0.2) is 0 Å². The van der Waals surface area contributed by atoms with E-state index in [0.717, 1.165) is 38.5 Å². The number of nitrogens with zero attached hydrogens (tertiary/aromatic N) is 1. The molecule has 0 saturated carbocycles. The number of quaternary nitrogens is 1. The molecule has 0 amide bonds. The lowest BCUT2D eigenvalue weighted by atomic mass is 10.1. The average molecular weight is 705 g/mol. The number of rotatable bonds is 30. The molecule has 0 spiro atoms. The summed E-state index contributed by atoms with van der Waals surface area (Å²) in [6.45, 7) is 3.26. The first kappa shape index (κ1) is 43.1. The maximum Gasteiger partial charge on any atom is 0.472 e. The molecule has 1 N–H and O–H groups in total. The molecule has 0 saturated heterocycles. The van der Waals surface area contributed by atoms with Crippen molar-refractivity contribution in [2.45, 2.75) is 122 Å². The summed E-state index contributed by atoms with van der Waals surface area (Å²) in [5.41, 5.74) is 1.26. The molecule has 0 aromatic heterocycles. The van der Waals surface area contributed by atoms with Gasteiger partial charge in [0.05, 0.1) is 34.4 Å². The summed E-state index contributed by atoms with van der Waals surface area (Å²) in [6, 6.07) is 15.1. The Balaban J connectivity index is 1.57. The minimum absolute atomic E-state index is 0.0839. The second kappa shape index (κ2) is 25.8. The Kier molecular flexibility index (Phi) is 22.7. The number of esters is 1. The maximum atomic E-state index is 12.5. The molecule has 278 valence electrons. The number of likely N-dealkylation sites (N-methyl/N-ethyl adjacent to an activating group) is 1. The highest BCUT2D eigenvalue weighted by Crippen LogP contribution is 2.43. The first-order chi connectivity index (χ1) is 23.6. The standard InChI is InChI=1S/C40H66NO7P/c1-5-6-7-8-13-17-20-27-40(42)48-39(35-47-49(43,44)46-32-30-41(2,3)4)34-45-31-23-18-15-12-10-9-11-14-16-19-24-36-28-29-37-25-21-22-26-38(37)33-36/h19,21-22,24-26,28-29,33,39H,5-18,20,23,27,30-32,34-35H2,1-4H3/p+1/b24-19+/t39-/m1/s1. The number of allylic oxidation sites excluding steroid dienone is 1. The third-order valence-corrected chi connectivity index (χ3v) is 9.50. The van der Waals surface area contributed by atoms with Gasteiger partial charge in [-0.05, 0) is 48.1 Å². The molecule has 1 unspecified atom stereocenters. The van der Waals surface area contributed by atoms with Crippen LogP contribution in [0.1, 0.15) is 122 Å². The van der Waals surface area contributed by atoms with Crippen LogP contribution in [0.4, 0.5) is 0 Å². The van der Waals surface area contributed by atoms with Crippen LogP contribution < -0.4 is 0 Å². The molecular weight excluding hydrogens is 637 g/mol. The molecule has 2 atom stereocenters. The molecule has 49 heavy (non-hydrogen) atoms. The third-order valence-electron chi connectivity index (χ3n) is 8.52. The van der Waals surface area contributed by atoms with Crippen molar-refractivity contribution in [2.75, 3.05) is 54.1 Å². The summed E-state index contributed by atoms with van der Waals surface area (Å²) in [4.78, 5) is 22.7. The number of phosphoric ester groups is 1. The molecule has 2 aromatic rings. The number of fused-ring (bicyclic) bond motifs is 1. The van der Waals surface area contributed by atoms with Gasteiger partial charge in [0.1, 0.15) is 19.3 Å². The smallest absolute Gasteiger partial charge is 0.457 e. The van der Waals surface area contributed by atoms with Crippen LogP contribution in [0.5, 0.6) is 0 Å². The largest absolute Gasteiger partial charge is 0.472 e. The van der Waals surface area contributed by atoms with E-state index >= 15 is 0 Å². The summed E-state index contributed by atoms with van der Waals surface area (Å²) in [5, 5.41) is 2.57. The lowest BCUT2D eigenvalue weighted by Gasteiger charge is -2.24. The van der Waals surface area contributed by atoms with Crippen LogP contribution in [0.15, 0.2) is 48.5 Å². The van der Waals surface area contributed by atoms with Crippen molar-refractivity contribution < 1.29 is 37.3 Å². The molecule has 2 aromatic carbocycles. The van der Waals surface area contributed by atoms with Gasteiger partial charge >= 0.3 is 13.8 Å². The number of hydrogen-bond donors (Lipinski definition) is 1. The van der Waals surface area contributed by atoms with Crippen molar-refractivity contribution in [2.24, 2.45) is 0 Å². The average Bonchev–Trinajstić information content (AvgIpc) is 3.06. The zero-order valence-electron chi connectivity index (χ0n) is 31.1. The molecular formula is C40H67NO7P+. The Hall–Kier alpha value is -2.06. The van der Waals surface area contributed by atoms with Crippen molar-refractivity contribution >= 4 is 30.6 Å². The van der Waals surface area contributed by atoms with Gasteiger partial charge in [0, 0.05) is 13.0 Å². The first-order valence-electron chi connectivity index (χ1n) is 18.9. The highest BCUT2D eigenvalue weighted by atomic mass is 31.2. The highest BCUT2D eigenvalue weighted by molar-refractivity contribution is 7.47. The first-order valence-corrected chi connectivity index (χ1v) is 20.4. The molecule has 8 nitrogen and oxygen atoms in total. The van der Waals surface area contributed by atoms with E-state index in [1.54, 1.807) is 0 Å². The highest BCUT2D eigenvalue weighted by Gasteiger charge is 2.26. The van der Waals surface area contributed by atoms with Crippen LogP contribution in [0, 0.1) is 0 Å². The summed E-state index contributed by atoms with van der Waals surface area (Å²) in [7, 11) is 1.65. The van der Waals surface area contributed by atoms with E-state index in [0.29, 0.717) is 24.1 Å². The third kappa shape index (κ3) is 23.1. The van der Waals surface area contributed by atoms with Gasteiger partial charge in [-0.15, -0.1) is 0 Å². The van der Waals surface area contributed by atoms with Gasteiger partial charge in [-0.25, -0.2) is 4.57 Å². The zero-order valence-corrected chi connectivity index (χ0v) is 32.0. The molecule has 0 aliphatic rings. The molecule has 0 radical (unpaired) electrons. The summed E-state index contributed by atoms with van der Waals surface area (Å²) in [6.07, 6.45) is 22.4. The number of benzene rings is 2. The summed E-state index contributed by atoms with van der Waals surface area (Å²) < 4.78 is 34.8. The molecule has 9 heteroatoms. The van der Waals surface area contributed by atoms with E-state index in [2.05, 4.69) is 61.5 Å². The van der Waals surface area contributed by atoms with E-state index in [1.807, 2.05) is 21.1 Å². The topological polar surface area (TPSA) is 91.3 Å². The lowest BCUT2D eigenvalue weighted by molar-refractivity contribution is -0.870. The Bertz CT molecular complexity index is 1230. The minimum atomic E-state index is -4.27. The molecule has 0 heterocycles. The van der Waals surface area contributed by atoms with Crippen molar-refractivity contribution in [3.63, 3.8) is 0 Å². The van der Waals surface area contributed by atoms with E-state index in [-0.39, 0.29) is 25.8 Å². The monoisotopic (exact) mass is 704 g/mol. The predicted octanol–water partition coefficient (Wildman–Crippen LogP) is 10.3. The Morgan fingerprint density at radius 2 is 1.41 bits per heavy atom. The Morgan fingerprint density at radius 3 is 2.10 bits per heavy atom. The van der Waals surface area contributed by atoms with Crippen LogP contribution >= 0.6 is 7.82 Å². The van der Waals surface area contributed by atoms with Gasteiger partial charge in [0.2, 0.25) is 0 Å². The molecule has 0 fully saturated rings. The number of phosphoric acid groups is 1. The lowest BCUT2D eigenvalue weighted by Crippen LogP contribution is -2.37. The van der Waals surface area contributed by atoms with Crippen molar-refractivity contribution in [3.8, 4) is 0 Å². The molecule has 0 bridgehead atoms. The predicted molar refractivity (Wildman–Crippen MR) is 202 cm³/mol. The van der Waals surface area contributed by atoms with Gasteiger partial charge in [-0.2, -0.15) is 0 Å². The maximum absolute atomic E-state index is 12.5. The van der Waals surface area contributed by atoms with Crippen LogP contribution in [0.25, 0.3) is 16.8 Å². The van der Waals surface area contributed by atoms with Gasteiger partial charge in [0.25, 0.3) is 0 Å². The van der Waals surface area contributed by atoms with Crippen LogP contribution in [0.3, 0.4) is 0 Å². The fourth-order valence-corrected chi connectivity index (χ4v) is 6.25. The van der Waals surface area contributed by atoms with Crippen LogP contribution in [0.2, 0.25) is 0 Å².